The molecule has 3 unspecified atom stereocenters. The lowest BCUT2D eigenvalue weighted by atomic mass is 9.97. The summed E-state index contributed by atoms with van der Waals surface area (Å²) in [6.07, 6.45) is -0.160. The molecule has 4 rings (SSSR count). The Kier molecular flexibility index (Phi) is 10.8. The fraction of sp³-hybridized carbons (Fsp3) is 0.412. The highest BCUT2D eigenvalue weighted by Crippen LogP contribution is 2.22. The predicted molar refractivity (Wildman–Crippen MR) is 170 cm³/mol. The molecule has 0 aliphatic carbocycles. The molecule has 3 atom stereocenters. The van der Waals surface area contributed by atoms with Crippen molar-refractivity contribution in [2.24, 2.45) is 0 Å². The van der Waals surface area contributed by atoms with E-state index in [1.807, 2.05) is 37.3 Å². The van der Waals surface area contributed by atoms with Crippen molar-refractivity contribution in [3.05, 3.63) is 83.7 Å². The average molecular weight is 620 g/mol. The highest BCUT2D eigenvalue weighted by molar-refractivity contribution is 5.93. The van der Waals surface area contributed by atoms with Crippen LogP contribution in [-0.2, 0) is 27.2 Å². The lowest BCUT2D eigenvalue weighted by Crippen LogP contribution is -2.64. The van der Waals surface area contributed by atoms with E-state index in [2.05, 4.69) is 33.0 Å². The van der Waals surface area contributed by atoms with Crippen molar-refractivity contribution in [2.45, 2.75) is 63.7 Å². The molecule has 1 aliphatic rings. The molecular formula is C34H42FN5O5. The van der Waals surface area contributed by atoms with Gasteiger partial charge in [0.1, 0.15) is 17.4 Å². The second-order valence-corrected chi connectivity index (χ2v) is 12.0. The Morgan fingerprint density at radius 3 is 2.27 bits per heavy atom. The number of hydrogen-bond acceptors (Lipinski definition) is 5. The quantitative estimate of drug-likeness (QED) is 0.261. The molecule has 0 aromatic heterocycles. The molecule has 3 aromatic carbocycles. The van der Waals surface area contributed by atoms with Crippen LogP contribution in [0.3, 0.4) is 0 Å². The van der Waals surface area contributed by atoms with Crippen LogP contribution >= 0.6 is 0 Å². The topological polar surface area (TPSA) is 131 Å². The highest BCUT2D eigenvalue weighted by Gasteiger charge is 2.39. The minimum atomic E-state index is -1.50. The van der Waals surface area contributed by atoms with E-state index < -0.39 is 35.4 Å². The number of nitrogens with one attached hydrogen (secondary N) is 3. The molecule has 1 aliphatic heterocycles. The van der Waals surface area contributed by atoms with Crippen molar-refractivity contribution >= 4 is 34.6 Å². The lowest BCUT2D eigenvalue weighted by Gasteiger charge is -2.45. The zero-order chi connectivity index (χ0) is 32.7. The number of nitrogens with zero attached hydrogens (tertiary/aromatic N) is 2. The van der Waals surface area contributed by atoms with E-state index in [9.17, 15) is 28.7 Å². The van der Waals surface area contributed by atoms with Gasteiger partial charge in [0.15, 0.2) is 0 Å². The third-order valence-electron chi connectivity index (χ3n) is 8.44. The Morgan fingerprint density at radius 1 is 0.956 bits per heavy atom. The van der Waals surface area contributed by atoms with Gasteiger partial charge in [0.2, 0.25) is 17.7 Å². The van der Waals surface area contributed by atoms with Crippen LogP contribution < -0.4 is 16.0 Å². The van der Waals surface area contributed by atoms with E-state index in [1.54, 1.807) is 24.1 Å². The summed E-state index contributed by atoms with van der Waals surface area (Å²) in [5, 5.41) is 19.2. The number of benzene rings is 3. The zero-order valence-corrected chi connectivity index (χ0v) is 26.2. The Morgan fingerprint density at radius 2 is 1.62 bits per heavy atom. The van der Waals surface area contributed by atoms with E-state index >= 15 is 0 Å². The van der Waals surface area contributed by atoms with Gasteiger partial charge in [-0.3, -0.25) is 19.3 Å². The van der Waals surface area contributed by atoms with Crippen LogP contribution in [0.25, 0.3) is 10.8 Å². The van der Waals surface area contributed by atoms with Gasteiger partial charge in [0.05, 0.1) is 6.04 Å². The van der Waals surface area contributed by atoms with Gasteiger partial charge in [-0.25, -0.2) is 9.18 Å². The number of piperazine rings is 1. The van der Waals surface area contributed by atoms with Crippen LogP contribution in [-0.4, -0.2) is 89.1 Å². The minimum Gasteiger partial charge on any atom is -0.465 e. The van der Waals surface area contributed by atoms with E-state index in [-0.39, 0.29) is 24.3 Å². The van der Waals surface area contributed by atoms with Crippen LogP contribution in [0, 0.1) is 5.82 Å². The van der Waals surface area contributed by atoms with E-state index in [4.69, 9.17) is 0 Å². The Hall–Kier alpha value is -4.51. The second kappa shape index (κ2) is 14.5. The molecule has 240 valence electrons. The summed E-state index contributed by atoms with van der Waals surface area (Å²) in [6.45, 7) is 6.03. The first-order valence-electron chi connectivity index (χ1n) is 15.2. The number of halogens is 1. The molecule has 0 saturated carbocycles. The van der Waals surface area contributed by atoms with Gasteiger partial charge < -0.3 is 26.0 Å². The number of hydrogen-bond donors (Lipinski definition) is 4. The van der Waals surface area contributed by atoms with Crippen molar-refractivity contribution < 1.29 is 28.7 Å². The maximum absolute atomic E-state index is 14.1. The Balaban J connectivity index is 1.54. The van der Waals surface area contributed by atoms with E-state index in [0.29, 0.717) is 38.0 Å². The third-order valence-corrected chi connectivity index (χ3v) is 8.44. The molecule has 4 N–H and O–H groups in total. The first-order valence-corrected chi connectivity index (χ1v) is 15.2. The summed E-state index contributed by atoms with van der Waals surface area (Å²) in [7, 11) is 1.62. The summed E-state index contributed by atoms with van der Waals surface area (Å²) < 4.78 is 13.6. The van der Waals surface area contributed by atoms with Crippen LogP contribution in [0.5, 0.6) is 0 Å². The van der Waals surface area contributed by atoms with Crippen molar-refractivity contribution in [3.63, 3.8) is 0 Å². The van der Waals surface area contributed by atoms with Gasteiger partial charge in [-0.15, -0.1) is 0 Å². The van der Waals surface area contributed by atoms with E-state index in [1.165, 1.54) is 26.0 Å². The maximum Gasteiger partial charge on any atom is 0.405 e. The summed E-state index contributed by atoms with van der Waals surface area (Å²) >= 11 is 0. The van der Waals surface area contributed by atoms with Gasteiger partial charge in [0.25, 0.3) is 0 Å². The normalized spacial score (nSPS) is 16.9. The number of amides is 4. The molecule has 0 radical (unpaired) electrons. The molecular weight excluding hydrogens is 577 g/mol. The van der Waals surface area contributed by atoms with Gasteiger partial charge >= 0.3 is 6.09 Å². The molecule has 3 aromatic rings. The molecule has 1 saturated heterocycles. The van der Waals surface area contributed by atoms with E-state index in [0.717, 1.165) is 16.3 Å². The average Bonchev–Trinajstić information content (AvgIpc) is 3.02. The predicted octanol–water partition coefficient (Wildman–Crippen LogP) is 3.33. The monoisotopic (exact) mass is 619 g/mol. The van der Waals surface area contributed by atoms with Crippen molar-refractivity contribution in [2.75, 3.05) is 26.7 Å². The van der Waals surface area contributed by atoms with Crippen LogP contribution in [0.15, 0.2) is 66.7 Å². The Bertz CT molecular complexity index is 1530. The third kappa shape index (κ3) is 8.36. The number of fused-ring (bicyclic) bond motifs is 1. The Labute approximate surface area is 263 Å². The molecule has 45 heavy (non-hydrogen) atoms. The maximum atomic E-state index is 14.1. The number of rotatable bonds is 11. The molecule has 4 amide bonds. The van der Waals surface area contributed by atoms with Gasteiger partial charge in [-0.05, 0) is 60.7 Å². The molecule has 0 bridgehead atoms. The molecule has 11 heteroatoms. The van der Waals surface area contributed by atoms with Crippen molar-refractivity contribution in [3.8, 4) is 0 Å². The standard InChI is InChI=1S/C34H42FN5O5/c1-5-27-21-39(29(30(41)36-4)20-23-10-13-24-8-6-7-9-25(24)18-23)16-17-40(27)31(42)28(19-22-11-14-26(35)15-12-22)37-32(43)34(2,3)38-33(44)45/h6-15,18,27-29,38H,5,16-17,19-21H2,1-4H3,(H,36,41)(H,37,43)(H,44,45). The lowest BCUT2D eigenvalue weighted by molar-refractivity contribution is -0.143. The SMILES string of the molecule is CCC1CN(C(Cc2ccc3ccccc3c2)C(=O)NC)CCN1C(=O)C(Cc1ccc(F)cc1)NC(=O)C(C)(C)NC(=O)O. The second-order valence-electron chi connectivity index (χ2n) is 12.0. The zero-order valence-electron chi connectivity index (χ0n) is 26.2. The van der Waals surface area contributed by atoms with Gasteiger partial charge in [0, 0.05) is 39.1 Å². The number of carbonyl (C=O) groups excluding carboxylic acids is 3. The number of carbonyl (C=O) groups is 4. The van der Waals surface area contributed by atoms with Crippen LogP contribution in [0.4, 0.5) is 9.18 Å². The van der Waals surface area contributed by atoms with Crippen molar-refractivity contribution in [1.82, 2.24) is 25.8 Å². The molecule has 0 spiro atoms. The number of carboxylic acid groups (broad SMARTS) is 1. The smallest absolute Gasteiger partial charge is 0.405 e. The molecule has 1 fully saturated rings. The van der Waals surface area contributed by atoms with Crippen molar-refractivity contribution in [1.29, 1.82) is 0 Å². The fourth-order valence-electron chi connectivity index (χ4n) is 5.86. The molecule has 1 heterocycles. The molecule has 10 nitrogen and oxygen atoms in total. The summed E-state index contributed by atoms with van der Waals surface area (Å²) in [5.74, 6) is -1.51. The first kappa shape index (κ1) is 33.4. The number of likely N-dealkylation sites (N-methyl/N-ethyl adjacent to an activating group) is 1. The summed E-state index contributed by atoms with van der Waals surface area (Å²) in [4.78, 5) is 55.6. The largest absolute Gasteiger partial charge is 0.465 e. The van der Waals surface area contributed by atoms with Gasteiger partial charge in [-0.1, -0.05) is 61.5 Å². The van der Waals surface area contributed by atoms with Crippen LogP contribution in [0.2, 0.25) is 0 Å². The summed E-state index contributed by atoms with van der Waals surface area (Å²) in [5.41, 5.74) is 0.175. The van der Waals surface area contributed by atoms with Crippen LogP contribution in [0.1, 0.15) is 38.3 Å². The first-order chi connectivity index (χ1) is 21.4. The minimum absolute atomic E-state index is 0.0908. The highest BCUT2D eigenvalue weighted by atomic mass is 19.1. The van der Waals surface area contributed by atoms with Gasteiger partial charge in [-0.2, -0.15) is 0 Å². The fourth-order valence-corrected chi connectivity index (χ4v) is 5.86. The summed E-state index contributed by atoms with van der Waals surface area (Å²) in [6, 6.07) is 18.2.